The molecule has 2 aromatic carbocycles. The SMILES string of the molecule is CCCCc1ccc2[nH]c(-c3ccc(Cl)c(C(F)(F)F)c3)c(CCCCN)c2c1. The smallest absolute Gasteiger partial charge is 0.354 e. The van der Waals surface area contributed by atoms with Gasteiger partial charge < -0.3 is 10.7 Å². The van der Waals surface area contributed by atoms with Crippen LogP contribution in [-0.4, -0.2) is 11.5 Å². The molecule has 0 radical (unpaired) electrons. The van der Waals surface area contributed by atoms with Crippen LogP contribution in [0, 0.1) is 0 Å². The third-order valence-electron chi connectivity index (χ3n) is 5.23. The fourth-order valence-electron chi connectivity index (χ4n) is 3.68. The molecule has 3 rings (SSSR count). The number of aromatic amines is 1. The standard InChI is InChI=1S/C23H26ClF3N2/c1-2-3-6-15-8-11-21-18(13-15)17(7-4-5-12-28)22(29-21)16-9-10-20(24)19(14-16)23(25,26)27/h8-11,13-14,29H,2-7,12,28H2,1H3. The zero-order valence-corrected chi connectivity index (χ0v) is 17.3. The van der Waals surface area contributed by atoms with E-state index in [2.05, 4.69) is 24.0 Å². The molecule has 0 aliphatic heterocycles. The monoisotopic (exact) mass is 422 g/mol. The molecule has 3 N–H and O–H groups in total. The second-order valence-electron chi connectivity index (χ2n) is 7.40. The average Bonchev–Trinajstić information content (AvgIpc) is 3.04. The maximum absolute atomic E-state index is 13.4. The molecule has 0 aliphatic carbocycles. The third-order valence-corrected chi connectivity index (χ3v) is 5.56. The lowest BCUT2D eigenvalue weighted by molar-refractivity contribution is -0.137. The van der Waals surface area contributed by atoms with Crippen LogP contribution in [0.5, 0.6) is 0 Å². The molecule has 156 valence electrons. The largest absolute Gasteiger partial charge is 0.417 e. The number of aryl methyl sites for hydroxylation is 2. The minimum absolute atomic E-state index is 0.288. The number of benzene rings is 2. The first-order valence-electron chi connectivity index (χ1n) is 10.1. The molecule has 0 atom stereocenters. The van der Waals surface area contributed by atoms with Gasteiger partial charge in [0.15, 0.2) is 0 Å². The van der Waals surface area contributed by atoms with Gasteiger partial charge in [-0.15, -0.1) is 0 Å². The van der Waals surface area contributed by atoms with Crippen molar-refractivity contribution in [3.63, 3.8) is 0 Å². The van der Waals surface area contributed by atoms with Gasteiger partial charge in [-0.3, -0.25) is 0 Å². The maximum Gasteiger partial charge on any atom is 0.417 e. The van der Waals surface area contributed by atoms with Crippen molar-refractivity contribution in [1.82, 2.24) is 4.98 Å². The molecule has 2 nitrogen and oxygen atoms in total. The van der Waals surface area contributed by atoms with Crippen LogP contribution in [0.2, 0.25) is 5.02 Å². The summed E-state index contributed by atoms with van der Waals surface area (Å²) in [5.41, 5.74) is 9.28. The molecule has 1 heterocycles. The van der Waals surface area contributed by atoms with E-state index in [9.17, 15) is 13.2 Å². The summed E-state index contributed by atoms with van der Waals surface area (Å²) >= 11 is 5.81. The van der Waals surface area contributed by atoms with Crippen LogP contribution in [0.15, 0.2) is 36.4 Å². The molecule has 0 saturated carbocycles. The van der Waals surface area contributed by atoms with Crippen LogP contribution >= 0.6 is 11.6 Å². The van der Waals surface area contributed by atoms with E-state index in [1.807, 2.05) is 6.07 Å². The summed E-state index contributed by atoms with van der Waals surface area (Å²) in [6.07, 6.45) is 1.24. The Morgan fingerprint density at radius 3 is 2.48 bits per heavy atom. The summed E-state index contributed by atoms with van der Waals surface area (Å²) in [7, 11) is 0. The molecule has 29 heavy (non-hydrogen) atoms. The van der Waals surface area contributed by atoms with E-state index in [4.69, 9.17) is 17.3 Å². The molecule has 3 aromatic rings. The molecular formula is C23H26ClF3N2. The minimum Gasteiger partial charge on any atom is -0.354 e. The Hall–Kier alpha value is -1.98. The van der Waals surface area contributed by atoms with E-state index in [1.54, 1.807) is 6.07 Å². The Morgan fingerprint density at radius 1 is 1.00 bits per heavy atom. The highest BCUT2D eigenvalue weighted by atomic mass is 35.5. The lowest BCUT2D eigenvalue weighted by Crippen LogP contribution is -2.06. The van der Waals surface area contributed by atoms with Crippen LogP contribution in [0.25, 0.3) is 22.2 Å². The quantitative estimate of drug-likeness (QED) is 0.372. The van der Waals surface area contributed by atoms with Crippen LogP contribution < -0.4 is 5.73 Å². The average molecular weight is 423 g/mol. The van der Waals surface area contributed by atoms with Gasteiger partial charge in [0.1, 0.15) is 0 Å². The molecule has 0 fully saturated rings. The Labute approximate surface area is 174 Å². The van der Waals surface area contributed by atoms with Crippen molar-refractivity contribution in [1.29, 1.82) is 0 Å². The van der Waals surface area contributed by atoms with Crippen molar-refractivity contribution in [2.45, 2.75) is 51.6 Å². The van der Waals surface area contributed by atoms with Crippen molar-refractivity contribution >= 4 is 22.5 Å². The van der Waals surface area contributed by atoms with Gasteiger partial charge >= 0.3 is 6.18 Å². The zero-order chi connectivity index (χ0) is 21.0. The highest BCUT2D eigenvalue weighted by Crippen LogP contribution is 2.39. The Morgan fingerprint density at radius 2 is 1.79 bits per heavy atom. The number of hydrogen-bond donors (Lipinski definition) is 2. The molecule has 0 aliphatic rings. The van der Waals surface area contributed by atoms with Crippen LogP contribution in [0.4, 0.5) is 13.2 Å². The van der Waals surface area contributed by atoms with Gasteiger partial charge in [0, 0.05) is 16.6 Å². The van der Waals surface area contributed by atoms with E-state index in [-0.39, 0.29) is 5.02 Å². The molecule has 0 unspecified atom stereocenters. The number of hydrogen-bond acceptors (Lipinski definition) is 1. The minimum atomic E-state index is -4.49. The Balaban J connectivity index is 2.12. The van der Waals surface area contributed by atoms with Crippen LogP contribution in [-0.2, 0) is 19.0 Å². The molecule has 0 spiro atoms. The normalized spacial score (nSPS) is 12.1. The molecular weight excluding hydrogens is 397 g/mol. The fourth-order valence-corrected chi connectivity index (χ4v) is 3.91. The fraction of sp³-hybridized carbons (Fsp3) is 0.391. The first-order valence-corrected chi connectivity index (χ1v) is 10.4. The van der Waals surface area contributed by atoms with Gasteiger partial charge in [-0.05, 0) is 79.6 Å². The number of rotatable bonds is 8. The first kappa shape index (κ1) is 21.7. The second kappa shape index (κ2) is 9.23. The van der Waals surface area contributed by atoms with Crippen molar-refractivity contribution in [3.8, 4) is 11.3 Å². The van der Waals surface area contributed by atoms with Gasteiger partial charge in [0.25, 0.3) is 0 Å². The lowest BCUT2D eigenvalue weighted by atomic mass is 9.97. The zero-order valence-electron chi connectivity index (χ0n) is 16.5. The number of fused-ring (bicyclic) bond motifs is 1. The van der Waals surface area contributed by atoms with Crippen LogP contribution in [0.1, 0.15) is 49.3 Å². The Kier molecular flexibility index (Phi) is 6.91. The maximum atomic E-state index is 13.4. The van der Waals surface area contributed by atoms with E-state index in [0.717, 1.165) is 66.8 Å². The molecule has 1 aromatic heterocycles. The van der Waals surface area contributed by atoms with E-state index >= 15 is 0 Å². The van der Waals surface area contributed by atoms with Gasteiger partial charge in [0.2, 0.25) is 0 Å². The molecule has 0 saturated heterocycles. The molecule has 0 amide bonds. The van der Waals surface area contributed by atoms with E-state index in [1.165, 1.54) is 11.6 Å². The number of H-pyrrole nitrogens is 1. The third kappa shape index (κ3) is 4.96. The summed E-state index contributed by atoms with van der Waals surface area (Å²) in [5.74, 6) is 0. The van der Waals surface area contributed by atoms with Gasteiger partial charge in [-0.2, -0.15) is 13.2 Å². The predicted octanol–water partition coefficient (Wildman–Crippen LogP) is 7.13. The number of unbranched alkanes of at least 4 members (excludes halogenated alkanes) is 2. The molecule has 0 bridgehead atoms. The van der Waals surface area contributed by atoms with Crippen LogP contribution in [0.3, 0.4) is 0 Å². The number of nitrogens with one attached hydrogen (secondary N) is 1. The molecule has 6 heteroatoms. The summed E-state index contributed by atoms with van der Waals surface area (Å²) in [4.78, 5) is 3.35. The van der Waals surface area contributed by atoms with Crippen molar-refractivity contribution in [3.05, 3.63) is 58.1 Å². The first-order chi connectivity index (χ1) is 13.8. The van der Waals surface area contributed by atoms with E-state index in [0.29, 0.717) is 12.1 Å². The van der Waals surface area contributed by atoms with Gasteiger partial charge in [-0.25, -0.2) is 0 Å². The second-order valence-corrected chi connectivity index (χ2v) is 7.81. The Bertz CT molecular complexity index is 976. The number of halogens is 4. The number of aromatic nitrogens is 1. The van der Waals surface area contributed by atoms with Gasteiger partial charge in [0.05, 0.1) is 10.6 Å². The van der Waals surface area contributed by atoms with Gasteiger partial charge in [-0.1, -0.05) is 37.1 Å². The summed E-state index contributed by atoms with van der Waals surface area (Å²) in [6, 6.07) is 10.4. The van der Waals surface area contributed by atoms with E-state index < -0.39 is 11.7 Å². The number of nitrogens with two attached hydrogens (primary N) is 1. The topological polar surface area (TPSA) is 41.8 Å². The van der Waals surface area contributed by atoms with Crippen molar-refractivity contribution in [2.75, 3.05) is 6.54 Å². The highest BCUT2D eigenvalue weighted by Gasteiger charge is 2.33. The summed E-state index contributed by atoms with van der Waals surface area (Å²) in [6.45, 7) is 2.75. The van der Waals surface area contributed by atoms with Crippen molar-refractivity contribution in [2.24, 2.45) is 5.73 Å². The summed E-state index contributed by atoms with van der Waals surface area (Å²) in [5, 5.41) is 0.790. The summed E-state index contributed by atoms with van der Waals surface area (Å²) < 4.78 is 40.1. The van der Waals surface area contributed by atoms with Crippen molar-refractivity contribution < 1.29 is 13.2 Å². The predicted molar refractivity (Wildman–Crippen MR) is 114 cm³/mol. The highest BCUT2D eigenvalue weighted by molar-refractivity contribution is 6.31. The lowest BCUT2D eigenvalue weighted by Gasteiger charge is -2.12. The number of alkyl halides is 3.